The number of thiocarbonyl (C=S) groups is 1. The average Bonchev–Trinajstić information content (AvgIpc) is 2.90. The molecule has 0 aliphatic carbocycles. The van der Waals surface area contributed by atoms with E-state index in [0.717, 1.165) is 29.1 Å². The van der Waals surface area contributed by atoms with Crippen LogP contribution in [0.5, 0.6) is 0 Å². The van der Waals surface area contributed by atoms with E-state index in [-0.39, 0.29) is 10.7 Å². The minimum atomic E-state index is -0.460. The van der Waals surface area contributed by atoms with Crippen LogP contribution in [0.1, 0.15) is 35.0 Å². The summed E-state index contributed by atoms with van der Waals surface area (Å²) in [5, 5.41) is 2.68. The first-order chi connectivity index (χ1) is 12.8. The van der Waals surface area contributed by atoms with Gasteiger partial charge in [0.15, 0.2) is 5.11 Å². The van der Waals surface area contributed by atoms with E-state index in [1.54, 1.807) is 13.1 Å². The van der Waals surface area contributed by atoms with Crippen LogP contribution in [-0.2, 0) is 16.0 Å². The van der Waals surface area contributed by atoms with Gasteiger partial charge in [-0.1, -0.05) is 25.1 Å². The molecule has 1 fully saturated rings. The van der Waals surface area contributed by atoms with Crippen LogP contribution in [-0.4, -0.2) is 33.4 Å². The summed E-state index contributed by atoms with van der Waals surface area (Å²) in [6.45, 7) is 8.27. The summed E-state index contributed by atoms with van der Waals surface area (Å²) in [6, 6.07) is 8.30. The molecule has 2 aromatic rings. The number of aromatic nitrogens is 1. The molecule has 27 heavy (non-hydrogen) atoms. The molecule has 1 N–H and O–H groups in total. The highest BCUT2D eigenvalue weighted by molar-refractivity contribution is 7.80. The zero-order valence-electron chi connectivity index (χ0n) is 16.2. The van der Waals surface area contributed by atoms with Crippen molar-refractivity contribution in [2.75, 3.05) is 7.05 Å². The van der Waals surface area contributed by atoms with E-state index in [4.69, 9.17) is 12.2 Å². The Bertz CT molecular complexity index is 1000. The smallest absolute Gasteiger partial charge is 0.265 e. The number of rotatable bonds is 3. The van der Waals surface area contributed by atoms with Crippen molar-refractivity contribution in [1.82, 2.24) is 14.8 Å². The molecule has 140 valence electrons. The van der Waals surface area contributed by atoms with Gasteiger partial charge in [-0.15, -0.1) is 0 Å². The third-order valence-corrected chi connectivity index (χ3v) is 5.38. The van der Waals surface area contributed by atoms with Gasteiger partial charge in [0.1, 0.15) is 5.57 Å². The van der Waals surface area contributed by atoms with Gasteiger partial charge in [-0.2, -0.15) is 0 Å². The first kappa shape index (κ1) is 19.0. The standard InChI is InChI=1S/C21H23N3O2S/c1-6-15-9-7-8-12(2)18(15)24-13(3)10-16(14(24)4)11-17-19(25)22-21(27)23(5)20(17)26/h7-11H,6H2,1-5H3,(H,22,25,27)/b17-11+. The summed E-state index contributed by atoms with van der Waals surface area (Å²) in [7, 11) is 1.56. The first-order valence-electron chi connectivity index (χ1n) is 8.89. The van der Waals surface area contributed by atoms with Crippen molar-refractivity contribution in [2.24, 2.45) is 0 Å². The zero-order chi connectivity index (χ0) is 19.9. The predicted molar refractivity (Wildman–Crippen MR) is 111 cm³/mol. The summed E-state index contributed by atoms with van der Waals surface area (Å²) < 4.78 is 2.19. The van der Waals surface area contributed by atoms with Crippen molar-refractivity contribution >= 4 is 35.2 Å². The van der Waals surface area contributed by atoms with E-state index in [1.807, 2.05) is 19.9 Å². The van der Waals surface area contributed by atoms with E-state index < -0.39 is 11.8 Å². The predicted octanol–water partition coefficient (Wildman–Crippen LogP) is 3.22. The normalized spacial score (nSPS) is 16.3. The Morgan fingerprint density at radius 3 is 2.56 bits per heavy atom. The van der Waals surface area contributed by atoms with Gasteiger partial charge in [0.05, 0.1) is 5.69 Å². The zero-order valence-corrected chi connectivity index (χ0v) is 17.0. The number of hydrogen-bond donors (Lipinski definition) is 1. The monoisotopic (exact) mass is 381 g/mol. The molecular weight excluding hydrogens is 358 g/mol. The Kier molecular flexibility index (Phi) is 5.02. The van der Waals surface area contributed by atoms with E-state index in [2.05, 4.69) is 41.9 Å². The molecule has 0 saturated carbocycles. The summed E-state index contributed by atoms with van der Waals surface area (Å²) >= 11 is 5.00. The van der Waals surface area contributed by atoms with E-state index in [9.17, 15) is 9.59 Å². The van der Waals surface area contributed by atoms with Gasteiger partial charge in [-0.05, 0) is 68.2 Å². The largest absolute Gasteiger partial charge is 0.317 e. The van der Waals surface area contributed by atoms with Crippen molar-refractivity contribution in [2.45, 2.75) is 34.1 Å². The number of amides is 2. The Hall–Kier alpha value is -2.73. The van der Waals surface area contributed by atoms with Crippen LogP contribution < -0.4 is 5.32 Å². The van der Waals surface area contributed by atoms with E-state index >= 15 is 0 Å². The van der Waals surface area contributed by atoms with Gasteiger partial charge in [0, 0.05) is 18.4 Å². The second kappa shape index (κ2) is 7.12. The molecule has 3 rings (SSSR count). The van der Waals surface area contributed by atoms with Gasteiger partial charge >= 0.3 is 0 Å². The summed E-state index contributed by atoms with van der Waals surface area (Å²) in [5.74, 6) is -0.850. The molecule has 1 saturated heterocycles. The Morgan fingerprint density at radius 1 is 1.19 bits per heavy atom. The Labute approximate surface area is 164 Å². The number of benzene rings is 1. The fraction of sp³-hybridized carbons (Fsp3) is 0.286. The molecule has 5 nitrogen and oxygen atoms in total. The number of likely N-dealkylation sites (N-methyl/N-ethyl adjacent to an activating group) is 1. The fourth-order valence-electron chi connectivity index (χ4n) is 3.50. The van der Waals surface area contributed by atoms with E-state index in [0.29, 0.717) is 0 Å². The quantitative estimate of drug-likeness (QED) is 0.505. The summed E-state index contributed by atoms with van der Waals surface area (Å²) in [6.07, 6.45) is 2.58. The minimum absolute atomic E-state index is 0.0897. The second-order valence-corrected chi connectivity index (χ2v) is 7.17. The van der Waals surface area contributed by atoms with Gasteiger partial charge in [0.2, 0.25) is 0 Å². The van der Waals surface area contributed by atoms with Crippen LogP contribution in [0, 0.1) is 20.8 Å². The molecule has 0 radical (unpaired) electrons. The molecule has 0 spiro atoms. The van der Waals surface area contributed by atoms with Crippen LogP contribution in [0.3, 0.4) is 0 Å². The maximum absolute atomic E-state index is 12.5. The van der Waals surface area contributed by atoms with Crippen molar-refractivity contribution in [3.8, 4) is 5.69 Å². The van der Waals surface area contributed by atoms with Gasteiger partial charge < -0.3 is 4.57 Å². The van der Waals surface area contributed by atoms with Crippen LogP contribution in [0.4, 0.5) is 0 Å². The molecule has 2 heterocycles. The van der Waals surface area contributed by atoms with E-state index in [1.165, 1.54) is 16.0 Å². The lowest BCUT2D eigenvalue weighted by molar-refractivity contribution is -0.128. The van der Waals surface area contributed by atoms with Gasteiger partial charge in [-0.25, -0.2) is 0 Å². The van der Waals surface area contributed by atoms with Crippen molar-refractivity contribution in [3.63, 3.8) is 0 Å². The molecule has 1 aromatic heterocycles. The number of nitrogens with zero attached hydrogens (tertiary/aromatic N) is 2. The van der Waals surface area contributed by atoms with Crippen molar-refractivity contribution in [3.05, 3.63) is 57.9 Å². The SMILES string of the molecule is CCc1cccc(C)c1-n1c(C)cc(/C=C2\C(=O)NC(=S)N(C)C2=O)c1C. The molecule has 1 aliphatic rings. The summed E-state index contributed by atoms with van der Waals surface area (Å²) in [4.78, 5) is 26.0. The van der Waals surface area contributed by atoms with Crippen LogP contribution in [0.15, 0.2) is 29.8 Å². The number of para-hydroxylation sites is 1. The fourth-order valence-corrected chi connectivity index (χ4v) is 3.68. The molecule has 2 amide bonds. The molecule has 0 bridgehead atoms. The maximum Gasteiger partial charge on any atom is 0.265 e. The topological polar surface area (TPSA) is 54.3 Å². The first-order valence-corrected chi connectivity index (χ1v) is 9.30. The van der Waals surface area contributed by atoms with Crippen molar-refractivity contribution < 1.29 is 9.59 Å². The van der Waals surface area contributed by atoms with Gasteiger partial charge in [0.25, 0.3) is 11.8 Å². The third kappa shape index (κ3) is 3.21. The molecule has 0 atom stereocenters. The Morgan fingerprint density at radius 2 is 1.89 bits per heavy atom. The molecule has 0 unspecified atom stereocenters. The highest BCUT2D eigenvalue weighted by Crippen LogP contribution is 2.28. The molecule has 1 aromatic carbocycles. The van der Waals surface area contributed by atoms with Crippen LogP contribution in [0.2, 0.25) is 0 Å². The lowest BCUT2D eigenvalue weighted by Crippen LogP contribution is -2.52. The number of carbonyl (C=O) groups is 2. The van der Waals surface area contributed by atoms with Crippen LogP contribution in [0.25, 0.3) is 11.8 Å². The second-order valence-electron chi connectivity index (χ2n) is 6.78. The lowest BCUT2D eigenvalue weighted by Gasteiger charge is -2.25. The summed E-state index contributed by atoms with van der Waals surface area (Å²) in [5.41, 5.74) is 6.58. The molecular formula is C21H23N3O2S. The minimum Gasteiger partial charge on any atom is -0.317 e. The van der Waals surface area contributed by atoms with Gasteiger partial charge in [-0.3, -0.25) is 19.8 Å². The lowest BCUT2D eigenvalue weighted by atomic mass is 10.0. The number of aryl methyl sites for hydroxylation is 3. The molecule has 6 heteroatoms. The van der Waals surface area contributed by atoms with Crippen LogP contribution >= 0.6 is 12.2 Å². The third-order valence-electron chi connectivity index (χ3n) is 5.00. The van der Waals surface area contributed by atoms with Crippen molar-refractivity contribution in [1.29, 1.82) is 0 Å². The highest BCUT2D eigenvalue weighted by atomic mass is 32.1. The number of nitrogens with one attached hydrogen (secondary N) is 1. The maximum atomic E-state index is 12.5. The molecule has 1 aliphatic heterocycles. The number of carbonyl (C=O) groups excluding carboxylic acids is 2. The average molecular weight is 382 g/mol. The Balaban J connectivity index is 2.15. The highest BCUT2D eigenvalue weighted by Gasteiger charge is 2.31. The number of hydrogen-bond acceptors (Lipinski definition) is 3.